The molecule has 5 nitrogen and oxygen atoms in total. The number of phenolic OH excluding ortho intramolecular Hbond substituents is 1. The van der Waals surface area contributed by atoms with Gasteiger partial charge in [-0.2, -0.15) is 0 Å². The van der Waals surface area contributed by atoms with E-state index in [-0.39, 0.29) is 11.7 Å². The van der Waals surface area contributed by atoms with Crippen LogP contribution in [0.25, 0.3) is 10.8 Å². The third-order valence-electron chi connectivity index (χ3n) is 4.69. The molecule has 0 aliphatic heterocycles. The Labute approximate surface area is 162 Å². The van der Waals surface area contributed by atoms with Crippen LogP contribution >= 0.6 is 0 Å². The summed E-state index contributed by atoms with van der Waals surface area (Å²) in [5.74, 6) is 1.02. The van der Waals surface area contributed by atoms with Gasteiger partial charge in [-0.25, -0.2) is 0 Å². The van der Waals surface area contributed by atoms with Crippen molar-refractivity contribution in [1.29, 1.82) is 0 Å². The van der Waals surface area contributed by atoms with Gasteiger partial charge in [0.1, 0.15) is 23.3 Å². The monoisotopic (exact) mass is 373 g/mol. The zero-order valence-corrected chi connectivity index (χ0v) is 15.3. The lowest BCUT2D eigenvalue weighted by atomic mass is 9.95. The first-order valence-electron chi connectivity index (χ1n) is 8.86. The van der Waals surface area contributed by atoms with Gasteiger partial charge in [-0.15, -0.1) is 0 Å². The molecule has 28 heavy (non-hydrogen) atoms. The molecule has 1 atom stereocenters. The normalized spacial score (nSPS) is 11.9. The number of phenols is 1. The number of nitrogens with one attached hydrogen (secondary N) is 1. The van der Waals surface area contributed by atoms with Crippen molar-refractivity contribution in [2.45, 2.75) is 6.04 Å². The number of carbonyl (C=O) groups excluding carboxylic acids is 1. The van der Waals surface area contributed by atoms with Crippen molar-refractivity contribution >= 4 is 16.7 Å². The van der Waals surface area contributed by atoms with Gasteiger partial charge in [-0.1, -0.05) is 30.3 Å². The first kappa shape index (κ1) is 17.7. The second-order valence-electron chi connectivity index (χ2n) is 6.37. The van der Waals surface area contributed by atoms with Crippen molar-refractivity contribution in [2.24, 2.45) is 0 Å². The molecule has 3 aromatic carbocycles. The Bertz CT molecular complexity index is 1100. The molecule has 4 rings (SSSR count). The van der Waals surface area contributed by atoms with E-state index in [0.717, 1.165) is 10.8 Å². The highest BCUT2D eigenvalue weighted by atomic mass is 16.5. The van der Waals surface area contributed by atoms with E-state index in [1.807, 2.05) is 30.3 Å². The van der Waals surface area contributed by atoms with E-state index in [9.17, 15) is 9.90 Å². The number of amides is 1. The predicted molar refractivity (Wildman–Crippen MR) is 107 cm³/mol. The van der Waals surface area contributed by atoms with Gasteiger partial charge >= 0.3 is 0 Å². The smallest absolute Gasteiger partial charge is 0.252 e. The molecule has 0 spiro atoms. The minimum atomic E-state index is -0.643. The summed E-state index contributed by atoms with van der Waals surface area (Å²) in [6, 6.07) is 20.9. The van der Waals surface area contributed by atoms with E-state index in [1.165, 1.54) is 0 Å². The first-order chi connectivity index (χ1) is 13.7. The van der Waals surface area contributed by atoms with Gasteiger partial charge in [0, 0.05) is 11.1 Å². The van der Waals surface area contributed by atoms with E-state index in [4.69, 9.17) is 9.15 Å². The highest BCUT2D eigenvalue weighted by Crippen LogP contribution is 2.36. The number of fused-ring (bicyclic) bond motifs is 1. The standard InChI is InChI=1S/C23H19NO4/c1-27-17-11-8-16(9-12-17)23(26)24-22(20-7-4-14-28-20)21-18-6-3-2-5-15(18)10-13-19(21)25/h2-14,22,25H,1H3,(H,24,26)/t22-/m1/s1. The SMILES string of the molecule is COc1ccc(C(=O)N[C@H](c2ccco2)c2c(O)ccc3ccccc23)cc1. The summed E-state index contributed by atoms with van der Waals surface area (Å²) in [5, 5.41) is 15.4. The van der Waals surface area contributed by atoms with Crippen LogP contribution in [0.5, 0.6) is 11.5 Å². The Hall–Kier alpha value is -3.73. The van der Waals surface area contributed by atoms with Crippen molar-refractivity contribution < 1.29 is 19.1 Å². The molecule has 0 fully saturated rings. The summed E-state index contributed by atoms with van der Waals surface area (Å²) in [6.07, 6.45) is 1.55. The number of ether oxygens (including phenoxy) is 1. The van der Waals surface area contributed by atoms with Crippen LogP contribution in [-0.4, -0.2) is 18.1 Å². The Morgan fingerprint density at radius 3 is 2.50 bits per heavy atom. The Morgan fingerprint density at radius 2 is 1.79 bits per heavy atom. The van der Waals surface area contributed by atoms with Gasteiger partial charge in [0.2, 0.25) is 0 Å². The summed E-state index contributed by atoms with van der Waals surface area (Å²) in [6.45, 7) is 0. The van der Waals surface area contributed by atoms with Gasteiger partial charge in [-0.3, -0.25) is 4.79 Å². The van der Waals surface area contributed by atoms with Crippen molar-refractivity contribution in [1.82, 2.24) is 5.32 Å². The highest BCUT2D eigenvalue weighted by Gasteiger charge is 2.25. The van der Waals surface area contributed by atoms with Crippen LogP contribution < -0.4 is 10.1 Å². The second kappa shape index (κ2) is 7.48. The Balaban J connectivity index is 1.77. The number of hydrogen-bond donors (Lipinski definition) is 2. The molecule has 140 valence electrons. The van der Waals surface area contributed by atoms with Crippen molar-refractivity contribution in [2.75, 3.05) is 7.11 Å². The number of furan rings is 1. The topological polar surface area (TPSA) is 71.7 Å². The van der Waals surface area contributed by atoms with Crippen LogP contribution in [-0.2, 0) is 0 Å². The van der Waals surface area contributed by atoms with Crippen molar-refractivity contribution in [3.63, 3.8) is 0 Å². The van der Waals surface area contributed by atoms with Crippen LogP contribution in [0.3, 0.4) is 0 Å². The summed E-state index contributed by atoms with van der Waals surface area (Å²) >= 11 is 0. The van der Waals surface area contributed by atoms with E-state index in [1.54, 1.807) is 55.8 Å². The quantitative estimate of drug-likeness (QED) is 0.533. The van der Waals surface area contributed by atoms with Gasteiger partial charge in [-0.05, 0) is 53.2 Å². The predicted octanol–water partition coefficient (Wildman–Crippen LogP) is 4.67. The van der Waals surface area contributed by atoms with Crippen molar-refractivity contribution in [3.8, 4) is 11.5 Å². The number of aromatic hydroxyl groups is 1. The maximum Gasteiger partial charge on any atom is 0.252 e. The van der Waals surface area contributed by atoms with Crippen LogP contribution in [0.15, 0.2) is 83.5 Å². The lowest BCUT2D eigenvalue weighted by molar-refractivity contribution is 0.0939. The highest BCUT2D eigenvalue weighted by molar-refractivity contribution is 5.96. The number of carbonyl (C=O) groups is 1. The molecule has 1 heterocycles. The van der Waals surface area contributed by atoms with E-state index < -0.39 is 6.04 Å². The Kier molecular flexibility index (Phi) is 4.72. The summed E-state index contributed by atoms with van der Waals surface area (Å²) < 4.78 is 10.7. The average molecular weight is 373 g/mol. The molecule has 1 amide bonds. The first-order valence-corrected chi connectivity index (χ1v) is 8.86. The molecule has 0 saturated carbocycles. The second-order valence-corrected chi connectivity index (χ2v) is 6.37. The summed E-state index contributed by atoms with van der Waals surface area (Å²) in [7, 11) is 1.57. The summed E-state index contributed by atoms with van der Waals surface area (Å²) in [5.41, 5.74) is 1.08. The third kappa shape index (κ3) is 3.30. The largest absolute Gasteiger partial charge is 0.508 e. The average Bonchev–Trinajstić information content (AvgIpc) is 3.27. The fourth-order valence-electron chi connectivity index (χ4n) is 3.29. The fraction of sp³-hybridized carbons (Fsp3) is 0.0870. The molecule has 0 aliphatic carbocycles. The van der Waals surface area contributed by atoms with Gasteiger partial charge in [0.15, 0.2) is 0 Å². The van der Waals surface area contributed by atoms with Gasteiger partial charge in [0.25, 0.3) is 5.91 Å². The molecule has 0 saturated heterocycles. The third-order valence-corrected chi connectivity index (χ3v) is 4.69. The molecular formula is C23H19NO4. The maximum atomic E-state index is 12.9. The lowest BCUT2D eigenvalue weighted by Gasteiger charge is -2.20. The molecule has 4 aromatic rings. The Morgan fingerprint density at radius 1 is 1.00 bits per heavy atom. The summed E-state index contributed by atoms with van der Waals surface area (Å²) in [4.78, 5) is 12.9. The molecule has 0 unspecified atom stereocenters. The molecule has 2 N–H and O–H groups in total. The maximum absolute atomic E-state index is 12.9. The molecule has 1 aromatic heterocycles. The number of rotatable bonds is 5. The minimum absolute atomic E-state index is 0.0927. The number of methoxy groups -OCH3 is 1. The van der Waals surface area contributed by atoms with E-state index in [0.29, 0.717) is 22.6 Å². The van der Waals surface area contributed by atoms with Crippen LogP contribution in [0, 0.1) is 0 Å². The fourth-order valence-corrected chi connectivity index (χ4v) is 3.29. The van der Waals surface area contributed by atoms with E-state index >= 15 is 0 Å². The van der Waals surface area contributed by atoms with E-state index in [2.05, 4.69) is 5.32 Å². The molecule has 5 heteroatoms. The number of hydrogen-bond acceptors (Lipinski definition) is 4. The zero-order chi connectivity index (χ0) is 19.5. The zero-order valence-electron chi connectivity index (χ0n) is 15.3. The van der Waals surface area contributed by atoms with Gasteiger partial charge < -0.3 is 19.6 Å². The van der Waals surface area contributed by atoms with Gasteiger partial charge in [0.05, 0.1) is 13.4 Å². The molecule has 0 aliphatic rings. The van der Waals surface area contributed by atoms with Crippen LogP contribution in [0.1, 0.15) is 27.7 Å². The molecule has 0 bridgehead atoms. The number of benzene rings is 3. The lowest BCUT2D eigenvalue weighted by Crippen LogP contribution is -2.29. The van der Waals surface area contributed by atoms with Crippen LogP contribution in [0.2, 0.25) is 0 Å². The van der Waals surface area contributed by atoms with Crippen LogP contribution in [0.4, 0.5) is 0 Å². The minimum Gasteiger partial charge on any atom is -0.508 e. The molecular weight excluding hydrogens is 354 g/mol. The van der Waals surface area contributed by atoms with Crippen molar-refractivity contribution in [3.05, 3.63) is 95.9 Å². The molecule has 0 radical (unpaired) electrons.